The summed E-state index contributed by atoms with van der Waals surface area (Å²) in [6.45, 7) is 7.83. The fourth-order valence-corrected chi connectivity index (χ4v) is 0.631. The van der Waals surface area contributed by atoms with E-state index in [4.69, 9.17) is 0 Å². The first kappa shape index (κ1) is 9.57. The lowest BCUT2D eigenvalue weighted by atomic mass is 10.3. The number of hydrogen-bond donors (Lipinski definition) is 0. The van der Waals surface area contributed by atoms with Crippen molar-refractivity contribution in [1.29, 1.82) is 0 Å². The summed E-state index contributed by atoms with van der Waals surface area (Å²) in [5.41, 5.74) is 1.09. The van der Waals surface area contributed by atoms with Crippen LogP contribution in [0.4, 0.5) is 0 Å². The fourth-order valence-electron chi connectivity index (χ4n) is 0.416. The topological polar surface area (TPSA) is 0 Å². The van der Waals surface area contributed by atoms with Crippen molar-refractivity contribution < 1.29 is 0 Å². The van der Waals surface area contributed by atoms with Crippen molar-refractivity contribution in [2.24, 2.45) is 0 Å². The van der Waals surface area contributed by atoms with E-state index in [0.29, 0.717) is 0 Å². The van der Waals surface area contributed by atoms with Crippen LogP contribution in [0.25, 0.3) is 0 Å². The molecule has 0 aromatic carbocycles. The highest BCUT2D eigenvalue weighted by molar-refractivity contribution is 8.02. The Balaban J connectivity index is 3.82. The average molecular weight is 154 g/mol. The molecule has 0 aliphatic heterocycles. The van der Waals surface area contributed by atoms with Crippen molar-refractivity contribution in [2.45, 2.75) is 13.8 Å². The predicted octanol–water partition coefficient (Wildman–Crippen LogP) is 3.39. The van der Waals surface area contributed by atoms with E-state index in [-0.39, 0.29) is 0 Å². The van der Waals surface area contributed by atoms with Gasteiger partial charge in [-0.1, -0.05) is 30.4 Å². The summed E-state index contributed by atoms with van der Waals surface area (Å²) in [5.74, 6) is 0. The van der Waals surface area contributed by atoms with Crippen LogP contribution in [0.1, 0.15) is 13.8 Å². The second-order valence-electron chi connectivity index (χ2n) is 2.19. The Bertz CT molecular complexity index is 164. The first-order valence-electron chi connectivity index (χ1n) is 3.21. The summed E-state index contributed by atoms with van der Waals surface area (Å²) < 4.78 is 0. The molecule has 0 N–H and O–H groups in total. The second-order valence-corrected chi connectivity index (χ2v) is 3.24. The Morgan fingerprint density at radius 1 is 1.40 bits per heavy atom. The maximum Gasteiger partial charge on any atom is -0.0140 e. The van der Waals surface area contributed by atoms with Crippen molar-refractivity contribution in [3.63, 3.8) is 0 Å². The maximum absolute atomic E-state index is 3.75. The highest BCUT2D eigenvalue weighted by atomic mass is 32.2. The molecule has 0 aliphatic carbocycles. The third kappa shape index (κ3) is 5.70. The van der Waals surface area contributed by atoms with Gasteiger partial charge in [-0.15, -0.1) is 11.8 Å². The predicted molar refractivity (Wildman–Crippen MR) is 51.2 cm³/mol. The van der Waals surface area contributed by atoms with Crippen molar-refractivity contribution in [3.8, 4) is 0 Å². The number of rotatable bonds is 3. The van der Waals surface area contributed by atoms with Gasteiger partial charge >= 0.3 is 0 Å². The van der Waals surface area contributed by atoms with E-state index in [0.717, 1.165) is 5.57 Å². The van der Waals surface area contributed by atoms with E-state index in [1.54, 1.807) is 11.8 Å². The number of thioether (sulfide) groups is 1. The minimum atomic E-state index is 1.09. The van der Waals surface area contributed by atoms with Crippen LogP contribution in [0.5, 0.6) is 0 Å². The van der Waals surface area contributed by atoms with Crippen LogP contribution >= 0.6 is 11.8 Å². The molecule has 0 heterocycles. The summed E-state index contributed by atoms with van der Waals surface area (Å²) >= 11 is 1.76. The van der Waals surface area contributed by atoms with E-state index in [1.807, 2.05) is 19.1 Å². The van der Waals surface area contributed by atoms with Gasteiger partial charge in [0.05, 0.1) is 0 Å². The van der Waals surface area contributed by atoms with Gasteiger partial charge in [0.1, 0.15) is 0 Å². The molecular formula is C9H14S. The van der Waals surface area contributed by atoms with E-state index >= 15 is 0 Å². The van der Waals surface area contributed by atoms with Crippen molar-refractivity contribution >= 4 is 11.8 Å². The molecule has 0 atom stereocenters. The normalized spacial score (nSPS) is 12.5. The Kier molecular flexibility index (Phi) is 5.13. The highest BCUT2D eigenvalue weighted by Crippen LogP contribution is 2.08. The van der Waals surface area contributed by atoms with Gasteiger partial charge in [-0.25, -0.2) is 0 Å². The third-order valence-electron chi connectivity index (χ3n) is 1.03. The van der Waals surface area contributed by atoms with E-state index < -0.39 is 0 Å². The second kappa shape index (κ2) is 5.36. The molecule has 0 nitrogen and oxygen atoms in total. The average Bonchev–Trinajstić information content (AvgIpc) is 1.87. The minimum Gasteiger partial charge on any atom is -0.134 e. The lowest BCUT2D eigenvalue weighted by Crippen LogP contribution is -1.63. The zero-order chi connectivity index (χ0) is 7.98. The molecule has 1 heteroatoms. The summed E-state index contributed by atoms with van der Waals surface area (Å²) in [7, 11) is 0. The molecule has 0 radical (unpaired) electrons. The fraction of sp³-hybridized carbons (Fsp3) is 0.333. The van der Waals surface area contributed by atoms with Crippen LogP contribution in [0, 0.1) is 0 Å². The minimum absolute atomic E-state index is 1.09. The Morgan fingerprint density at radius 2 is 2.00 bits per heavy atom. The first-order valence-corrected chi connectivity index (χ1v) is 4.43. The maximum atomic E-state index is 3.75. The quantitative estimate of drug-likeness (QED) is 0.561. The molecule has 0 saturated carbocycles. The molecule has 0 bridgehead atoms. The molecule has 0 fully saturated rings. The van der Waals surface area contributed by atoms with Gasteiger partial charge in [0.25, 0.3) is 0 Å². The van der Waals surface area contributed by atoms with Crippen LogP contribution in [-0.4, -0.2) is 6.26 Å². The summed E-state index contributed by atoms with van der Waals surface area (Å²) in [6.07, 6.45) is 8.17. The molecule has 0 aromatic heterocycles. The third-order valence-corrected chi connectivity index (χ3v) is 1.81. The summed E-state index contributed by atoms with van der Waals surface area (Å²) in [6, 6.07) is 0. The van der Waals surface area contributed by atoms with Crippen molar-refractivity contribution in [2.75, 3.05) is 6.26 Å². The van der Waals surface area contributed by atoms with Gasteiger partial charge in [-0.2, -0.15) is 0 Å². The van der Waals surface area contributed by atoms with E-state index in [1.165, 1.54) is 4.91 Å². The van der Waals surface area contributed by atoms with Crippen molar-refractivity contribution in [3.05, 3.63) is 35.3 Å². The highest BCUT2D eigenvalue weighted by Gasteiger charge is 1.78. The zero-order valence-electron chi connectivity index (χ0n) is 6.85. The standard InChI is InChI=1S/C9H14S/c1-8(2)6-5-7-9(3)10-4/h5-7H,1H2,2-4H3/b6-5-,9-7+. The van der Waals surface area contributed by atoms with Crippen LogP contribution in [0.2, 0.25) is 0 Å². The van der Waals surface area contributed by atoms with Crippen LogP contribution < -0.4 is 0 Å². The molecule has 0 unspecified atom stereocenters. The van der Waals surface area contributed by atoms with Gasteiger partial charge in [0.15, 0.2) is 0 Å². The molecule has 0 amide bonds. The lowest BCUT2D eigenvalue weighted by Gasteiger charge is -1.88. The molecule has 10 heavy (non-hydrogen) atoms. The van der Waals surface area contributed by atoms with Gasteiger partial charge < -0.3 is 0 Å². The van der Waals surface area contributed by atoms with Gasteiger partial charge in [-0.3, -0.25) is 0 Å². The van der Waals surface area contributed by atoms with Crippen LogP contribution in [0.15, 0.2) is 35.3 Å². The number of allylic oxidation sites excluding steroid dienone is 5. The zero-order valence-corrected chi connectivity index (χ0v) is 7.66. The summed E-state index contributed by atoms with van der Waals surface area (Å²) in [5, 5.41) is 0. The lowest BCUT2D eigenvalue weighted by molar-refractivity contribution is 1.55. The molecule has 0 rings (SSSR count). The summed E-state index contributed by atoms with van der Waals surface area (Å²) in [4.78, 5) is 1.32. The van der Waals surface area contributed by atoms with Crippen molar-refractivity contribution in [1.82, 2.24) is 0 Å². The molecule has 0 aliphatic rings. The molecular weight excluding hydrogens is 140 g/mol. The van der Waals surface area contributed by atoms with E-state index in [9.17, 15) is 0 Å². The number of hydrogen-bond acceptors (Lipinski definition) is 1. The van der Waals surface area contributed by atoms with Gasteiger partial charge in [0.2, 0.25) is 0 Å². The molecule has 0 spiro atoms. The Labute approximate surface area is 67.7 Å². The van der Waals surface area contributed by atoms with Crippen LogP contribution in [-0.2, 0) is 0 Å². The molecule has 56 valence electrons. The first-order chi connectivity index (χ1) is 4.66. The molecule has 0 saturated heterocycles. The van der Waals surface area contributed by atoms with Gasteiger partial charge in [0, 0.05) is 0 Å². The van der Waals surface area contributed by atoms with E-state index in [2.05, 4.69) is 25.8 Å². The Morgan fingerprint density at radius 3 is 2.40 bits per heavy atom. The van der Waals surface area contributed by atoms with Gasteiger partial charge in [-0.05, 0) is 25.0 Å². The smallest absolute Gasteiger partial charge is 0.0140 e. The SMILES string of the molecule is C=C(C)/C=C\C=C(/C)SC. The molecule has 0 aromatic rings. The Hall–Kier alpha value is -0.430. The largest absolute Gasteiger partial charge is 0.134 e. The van der Waals surface area contributed by atoms with Crippen LogP contribution in [0.3, 0.4) is 0 Å². The monoisotopic (exact) mass is 154 g/mol.